The van der Waals surface area contributed by atoms with E-state index in [4.69, 9.17) is 22.1 Å². The summed E-state index contributed by atoms with van der Waals surface area (Å²) in [7, 11) is 1.51. The number of aliphatic carboxylic acids is 1. The van der Waals surface area contributed by atoms with Gasteiger partial charge in [-0.3, -0.25) is 10.2 Å². The number of nitrogens with one attached hydrogen (secondary N) is 2. The van der Waals surface area contributed by atoms with E-state index < -0.39 is 5.97 Å². The second kappa shape index (κ2) is 9.53. The van der Waals surface area contributed by atoms with Gasteiger partial charge in [-0.25, -0.2) is 0 Å². The maximum absolute atomic E-state index is 11.0. The fourth-order valence-electron chi connectivity index (χ4n) is 2.32. The normalized spacial score (nSPS) is 10.9. The van der Waals surface area contributed by atoms with Gasteiger partial charge in [0.2, 0.25) is 0 Å². The predicted octanol–water partition coefficient (Wildman–Crippen LogP) is 2.71. The van der Waals surface area contributed by atoms with E-state index >= 15 is 0 Å². The summed E-state index contributed by atoms with van der Waals surface area (Å²) in [6.07, 6.45) is -0.116. The highest BCUT2D eigenvalue weighted by Gasteiger charge is 2.10. The lowest BCUT2D eigenvalue weighted by Gasteiger charge is -2.10. The van der Waals surface area contributed by atoms with E-state index in [1.54, 1.807) is 12.1 Å². The monoisotopic (exact) mass is 371 g/mol. The van der Waals surface area contributed by atoms with Gasteiger partial charge < -0.3 is 15.2 Å². The van der Waals surface area contributed by atoms with E-state index in [9.17, 15) is 4.79 Å². The van der Waals surface area contributed by atoms with Crippen molar-refractivity contribution in [3.8, 4) is 5.75 Å². The minimum absolute atomic E-state index is 0.116. The summed E-state index contributed by atoms with van der Waals surface area (Å²) in [6, 6.07) is 15.2. The summed E-state index contributed by atoms with van der Waals surface area (Å²) >= 11 is 5.22. The third-order valence-corrected chi connectivity index (χ3v) is 3.90. The molecule has 0 aromatic heterocycles. The Bertz CT molecular complexity index is 807. The van der Waals surface area contributed by atoms with Gasteiger partial charge in [-0.05, 0) is 48.5 Å². The van der Waals surface area contributed by atoms with Crippen molar-refractivity contribution < 1.29 is 14.6 Å². The molecule has 0 amide bonds. The smallest absolute Gasteiger partial charge is 0.307 e. The molecule has 0 unspecified atom stereocenters. The molecule has 0 saturated heterocycles. The molecule has 136 valence electrons. The molecule has 2 aromatic rings. The first-order chi connectivity index (χ1) is 12.5. The molecule has 2 rings (SSSR count). The van der Waals surface area contributed by atoms with Crippen LogP contribution < -0.4 is 15.5 Å². The van der Waals surface area contributed by atoms with Crippen LogP contribution in [0.3, 0.4) is 0 Å². The van der Waals surface area contributed by atoms with Gasteiger partial charge in [0.1, 0.15) is 5.75 Å². The van der Waals surface area contributed by atoms with Gasteiger partial charge in [0.25, 0.3) is 0 Å². The van der Waals surface area contributed by atoms with Crippen LogP contribution in [0.5, 0.6) is 5.75 Å². The van der Waals surface area contributed by atoms with Gasteiger partial charge in [-0.15, -0.1) is 0 Å². The summed E-state index contributed by atoms with van der Waals surface area (Å²) in [4.78, 5) is 11.0. The number of hydrogen-bond acceptors (Lipinski definition) is 4. The number of carboxylic acids is 1. The Morgan fingerprint density at radius 2 is 1.96 bits per heavy atom. The van der Waals surface area contributed by atoms with E-state index in [1.807, 2.05) is 43.3 Å². The van der Waals surface area contributed by atoms with Crippen molar-refractivity contribution in [3.63, 3.8) is 0 Å². The zero-order valence-corrected chi connectivity index (χ0v) is 15.5. The van der Waals surface area contributed by atoms with Gasteiger partial charge in [0.05, 0.1) is 19.2 Å². The molecule has 26 heavy (non-hydrogen) atoms. The molecule has 0 radical (unpaired) electrons. The zero-order chi connectivity index (χ0) is 18.9. The predicted molar refractivity (Wildman–Crippen MR) is 106 cm³/mol. The first kappa shape index (κ1) is 19.4. The van der Waals surface area contributed by atoms with E-state index in [-0.39, 0.29) is 6.42 Å². The minimum Gasteiger partial charge on any atom is -0.496 e. The van der Waals surface area contributed by atoms with Crippen molar-refractivity contribution in [1.82, 2.24) is 10.7 Å². The average molecular weight is 371 g/mol. The molecule has 0 aliphatic heterocycles. The summed E-state index contributed by atoms with van der Waals surface area (Å²) < 4.78 is 5.20. The Hall–Kier alpha value is -2.93. The molecule has 7 heteroatoms. The highest BCUT2D eigenvalue weighted by molar-refractivity contribution is 7.80. The van der Waals surface area contributed by atoms with Gasteiger partial charge in [-0.2, -0.15) is 5.10 Å². The number of rotatable bonds is 7. The highest BCUT2D eigenvalue weighted by atomic mass is 32.1. The first-order valence-electron chi connectivity index (χ1n) is 8.00. The minimum atomic E-state index is -0.917. The fourth-order valence-corrected chi connectivity index (χ4v) is 2.44. The summed E-state index contributed by atoms with van der Waals surface area (Å²) in [5, 5.41) is 16.8. The van der Waals surface area contributed by atoms with Gasteiger partial charge in [0.15, 0.2) is 5.11 Å². The second-order valence-electron chi connectivity index (χ2n) is 5.57. The van der Waals surface area contributed by atoms with Crippen molar-refractivity contribution >= 4 is 29.0 Å². The molecule has 2 aromatic carbocycles. The van der Waals surface area contributed by atoms with Crippen molar-refractivity contribution in [2.75, 3.05) is 7.11 Å². The zero-order valence-electron chi connectivity index (χ0n) is 14.7. The molecular weight excluding hydrogens is 350 g/mol. The van der Waals surface area contributed by atoms with E-state index in [1.165, 1.54) is 7.11 Å². The van der Waals surface area contributed by atoms with Crippen molar-refractivity contribution in [3.05, 3.63) is 65.2 Å². The molecule has 0 atom stereocenters. The molecule has 0 saturated carbocycles. The van der Waals surface area contributed by atoms with Gasteiger partial charge in [0, 0.05) is 12.1 Å². The molecule has 0 fully saturated rings. The number of ether oxygens (including phenoxy) is 1. The number of methoxy groups -OCH3 is 1. The molecule has 0 bridgehead atoms. The largest absolute Gasteiger partial charge is 0.496 e. The van der Waals surface area contributed by atoms with Crippen molar-refractivity contribution in [2.24, 2.45) is 5.10 Å². The van der Waals surface area contributed by atoms with Crippen LogP contribution in [0.1, 0.15) is 23.6 Å². The maximum Gasteiger partial charge on any atom is 0.307 e. The summed E-state index contributed by atoms with van der Waals surface area (Å²) in [5.41, 5.74) is 5.99. The summed E-state index contributed by atoms with van der Waals surface area (Å²) in [5.74, 6) is -0.378. The van der Waals surface area contributed by atoms with Crippen LogP contribution in [0.4, 0.5) is 0 Å². The standard InChI is InChI=1S/C19H21N3O3S/c1-13(15-8-9-17(25-2)16(10-15)11-18(23)24)21-22-19(26)20-12-14-6-4-3-5-7-14/h3-10H,11-12H2,1-2H3,(H,23,24)(H2,20,22,26)/b21-13-. The molecule has 0 aliphatic carbocycles. The van der Waals surface area contributed by atoms with Crippen molar-refractivity contribution in [2.45, 2.75) is 19.9 Å². The Morgan fingerprint density at radius 3 is 2.62 bits per heavy atom. The van der Waals surface area contributed by atoms with Crippen LogP contribution in [-0.2, 0) is 17.8 Å². The van der Waals surface area contributed by atoms with Crippen LogP contribution in [0.15, 0.2) is 53.6 Å². The number of hydrogen-bond donors (Lipinski definition) is 3. The van der Waals surface area contributed by atoms with Gasteiger partial charge in [-0.1, -0.05) is 30.3 Å². The SMILES string of the molecule is COc1ccc(/C(C)=N\NC(=S)NCc2ccccc2)cc1CC(=O)O. The highest BCUT2D eigenvalue weighted by Crippen LogP contribution is 2.21. The number of carboxylic acid groups (broad SMARTS) is 1. The topological polar surface area (TPSA) is 83.0 Å². The lowest BCUT2D eigenvalue weighted by Crippen LogP contribution is -2.32. The fraction of sp³-hybridized carbons (Fsp3) is 0.211. The number of carbonyl (C=O) groups is 1. The molecule has 0 heterocycles. The molecular formula is C19H21N3O3S. The molecule has 0 spiro atoms. The Balaban J connectivity index is 1.99. The quantitative estimate of drug-likeness (QED) is 0.394. The lowest BCUT2D eigenvalue weighted by molar-refractivity contribution is -0.136. The van der Waals surface area contributed by atoms with Crippen LogP contribution in [0, 0.1) is 0 Å². The Kier molecular flexibility index (Phi) is 7.11. The third kappa shape index (κ3) is 5.86. The van der Waals surface area contributed by atoms with E-state index in [0.717, 1.165) is 11.1 Å². The Labute approximate surface area is 157 Å². The van der Waals surface area contributed by atoms with E-state index in [2.05, 4.69) is 15.8 Å². The van der Waals surface area contributed by atoms with Crippen LogP contribution in [-0.4, -0.2) is 29.0 Å². The average Bonchev–Trinajstić information content (AvgIpc) is 2.64. The third-order valence-electron chi connectivity index (χ3n) is 3.66. The molecule has 0 aliphatic rings. The van der Waals surface area contributed by atoms with Crippen LogP contribution >= 0.6 is 12.2 Å². The van der Waals surface area contributed by atoms with Crippen LogP contribution in [0.2, 0.25) is 0 Å². The first-order valence-corrected chi connectivity index (χ1v) is 8.41. The number of hydrazone groups is 1. The number of thiocarbonyl (C=S) groups is 1. The number of benzene rings is 2. The number of nitrogens with zero attached hydrogens (tertiary/aromatic N) is 1. The van der Waals surface area contributed by atoms with Gasteiger partial charge >= 0.3 is 5.97 Å². The second-order valence-corrected chi connectivity index (χ2v) is 5.98. The lowest BCUT2D eigenvalue weighted by atomic mass is 10.0. The maximum atomic E-state index is 11.0. The Morgan fingerprint density at radius 1 is 1.23 bits per heavy atom. The van der Waals surface area contributed by atoms with Crippen LogP contribution in [0.25, 0.3) is 0 Å². The van der Waals surface area contributed by atoms with E-state index in [0.29, 0.717) is 28.7 Å². The summed E-state index contributed by atoms with van der Waals surface area (Å²) in [6.45, 7) is 2.42. The molecule has 3 N–H and O–H groups in total. The molecule has 6 nitrogen and oxygen atoms in total. The van der Waals surface area contributed by atoms with Crippen molar-refractivity contribution in [1.29, 1.82) is 0 Å².